The molecule has 0 spiro atoms. The zero-order chi connectivity index (χ0) is 8.39. The highest BCUT2D eigenvalue weighted by atomic mass is 16.5. The van der Waals surface area contributed by atoms with Gasteiger partial charge in [-0.05, 0) is 18.2 Å². The number of nitrogens with one attached hydrogen (secondary N) is 1. The summed E-state index contributed by atoms with van der Waals surface area (Å²) in [5.41, 5.74) is 2.88. The number of aromatic nitrogens is 1. The third kappa shape index (κ3) is 1.10. The number of benzene rings is 1. The minimum atomic E-state index is 0.466. The van der Waals surface area contributed by atoms with E-state index in [-0.39, 0.29) is 0 Å². The number of pyridine rings is 1. The number of hydrogen-bond acceptors (Lipinski definition) is 3. The first-order valence-electron chi connectivity index (χ1n) is 3.66. The standard InChI is InChI=1S/C9H8N2O/c12-11-9-6-5-7-3-1-2-4-8(7)10-9/h1-6,12H,(H,10,11). The fourth-order valence-corrected chi connectivity index (χ4v) is 1.13. The predicted octanol–water partition coefficient (Wildman–Crippen LogP) is 2.04. The highest BCUT2D eigenvalue weighted by Gasteiger charge is 1.94. The van der Waals surface area contributed by atoms with E-state index in [9.17, 15) is 0 Å². The molecule has 12 heavy (non-hydrogen) atoms. The third-order valence-corrected chi connectivity index (χ3v) is 1.71. The van der Waals surface area contributed by atoms with Crippen LogP contribution < -0.4 is 5.48 Å². The molecule has 0 saturated heterocycles. The molecule has 0 saturated carbocycles. The van der Waals surface area contributed by atoms with Crippen LogP contribution in [0.2, 0.25) is 0 Å². The summed E-state index contributed by atoms with van der Waals surface area (Å²) in [6, 6.07) is 11.4. The molecule has 0 aliphatic rings. The van der Waals surface area contributed by atoms with Gasteiger partial charge < -0.3 is 0 Å². The summed E-state index contributed by atoms with van der Waals surface area (Å²) in [6.45, 7) is 0. The molecule has 0 aliphatic carbocycles. The van der Waals surface area contributed by atoms with Gasteiger partial charge in [0.2, 0.25) is 0 Å². The molecule has 1 aromatic heterocycles. The van der Waals surface area contributed by atoms with Crippen molar-refractivity contribution in [3.05, 3.63) is 36.4 Å². The summed E-state index contributed by atoms with van der Waals surface area (Å²) in [7, 11) is 0. The minimum Gasteiger partial charge on any atom is -0.290 e. The van der Waals surface area contributed by atoms with E-state index in [4.69, 9.17) is 5.21 Å². The van der Waals surface area contributed by atoms with Gasteiger partial charge in [0, 0.05) is 5.39 Å². The number of para-hydroxylation sites is 1. The average molecular weight is 160 g/mol. The molecule has 0 aliphatic heterocycles. The average Bonchev–Trinajstić information content (AvgIpc) is 2.17. The summed E-state index contributed by atoms with van der Waals surface area (Å²) in [4.78, 5) is 4.13. The van der Waals surface area contributed by atoms with Gasteiger partial charge in [0.15, 0.2) is 0 Å². The van der Waals surface area contributed by atoms with Crippen LogP contribution in [0, 0.1) is 0 Å². The lowest BCUT2D eigenvalue weighted by Gasteiger charge is -1.99. The van der Waals surface area contributed by atoms with Crippen molar-refractivity contribution in [1.82, 2.24) is 4.98 Å². The van der Waals surface area contributed by atoms with Crippen LogP contribution >= 0.6 is 0 Å². The Balaban J connectivity index is 2.67. The number of nitrogens with zero attached hydrogens (tertiary/aromatic N) is 1. The second-order valence-corrected chi connectivity index (χ2v) is 2.50. The highest BCUT2D eigenvalue weighted by Crippen LogP contribution is 2.13. The van der Waals surface area contributed by atoms with Gasteiger partial charge in [0.25, 0.3) is 0 Å². The summed E-state index contributed by atoms with van der Waals surface area (Å²) in [5, 5.41) is 9.65. The minimum absolute atomic E-state index is 0.466. The zero-order valence-corrected chi connectivity index (χ0v) is 6.36. The van der Waals surface area contributed by atoms with Crippen LogP contribution in [0.15, 0.2) is 36.4 Å². The van der Waals surface area contributed by atoms with E-state index in [1.807, 2.05) is 35.8 Å². The molecule has 3 heteroatoms. The maximum absolute atomic E-state index is 8.58. The van der Waals surface area contributed by atoms with E-state index < -0.39 is 0 Å². The molecular formula is C9H8N2O. The van der Waals surface area contributed by atoms with Gasteiger partial charge in [0.05, 0.1) is 5.52 Å². The summed E-state index contributed by atoms with van der Waals surface area (Å²) in [5.74, 6) is 0.466. The first-order valence-corrected chi connectivity index (χ1v) is 3.66. The lowest BCUT2D eigenvalue weighted by molar-refractivity contribution is 0.386. The molecule has 0 radical (unpaired) electrons. The van der Waals surface area contributed by atoms with Gasteiger partial charge in [-0.2, -0.15) is 0 Å². The van der Waals surface area contributed by atoms with Gasteiger partial charge in [-0.15, -0.1) is 0 Å². The van der Waals surface area contributed by atoms with Crippen molar-refractivity contribution >= 4 is 16.7 Å². The second-order valence-electron chi connectivity index (χ2n) is 2.50. The molecule has 0 amide bonds. The maximum atomic E-state index is 8.58. The lowest BCUT2D eigenvalue weighted by atomic mass is 10.2. The van der Waals surface area contributed by atoms with Crippen molar-refractivity contribution in [3.63, 3.8) is 0 Å². The van der Waals surface area contributed by atoms with E-state index in [2.05, 4.69) is 4.98 Å². The number of fused-ring (bicyclic) bond motifs is 1. The van der Waals surface area contributed by atoms with Crippen LogP contribution in [0.4, 0.5) is 5.82 Å². The maximum Gasteiger partial charge on any atom is 0.150 e. The van der Waals surface area contributed by atoms with Crippen LogP contribution in [-0.4, -0.2) is 10.2 Å². The summed E-state index contributed by atoms with van der Waals surface area (Å²) in [6.07, 6.45) is 0. The molecular weight excluding hydrogens is 152 g/mol. The number of anilines is 1. The Labute approximate surface area is 69.6 Å². The van der Waals surface area contributed by atoms with Crippen LogP contribution in [0.1, 0.15) is 0 Å². The van der Waals surface area contributed by atoms with E-state index in [0.717, 1.165) is 10.9 Å². The van der Waals surface area contributed by atoms with Crippen LogP contribution in [-0.2, 0) is 0 Å². The Morgan fingerprint density at radius 3 is 2.75 bits per heavy atom. The van der Waals surface area contributed by atoms with E-state index in [1.54, 1.807) is 6.07 Å². The van der Waals surface area contributed by atoms with Gasteiger partial charge in [-0.25, -0.2) is 4.98 Å². The zero-order valence-electron chi connectivity index (χ0n) is 6.36. The number of rotatable bonds is 1. The lowest BCUT2D eigenvalue weighted by Crippen LogP contribution is -1.92. The fourth-order valence-electron chi connectivity index (χ4n) is 1.13. The van der Waals surface area contributed by atoms with Crippen LogP contribution in [0.25, 0.3) is 10.9 Å². The topological polar surface area (TPSA) is 45.1 Å². The molecule has 2 rings (SSSR count). The van der Waals surface area contributed by atoms with E-state index in [0.29, 0.717) is 5.82 Å². The monoisotopic (exact) mass is 160 g/mol. The Bertz CT molecular complexity index is 400. The summed E-state index contributed by atoms with van der Waals surface area (Å²) < 4.78 is 0. The number of hydrogen-bond donors (Lipinski definition) is 2. The Kier molecular flexibility index (Phi) is 1.64. The largest absolute Gasteiger partial charge is 0.290 e. The van der Waals surface area contributed by atoms with Gasteiger partial charge in [-0.1, -0.05) is 18.2 Å². The van der Waals surface area contributed by atoms with Crippen LogP contribution in [0.5, 0.6) is 0 Å². The quantitative estimate of drug-likeness (QED) is 0.627. The fraction of sp³-hybridized carbons (Fsp3) is 0. The Hall–Kier alpha value is -1.61. The second kappa shape index (κ2) is 2.79. The first kappa shape index (κ1) is 7.06. The first-order chi connectivity index (χ1) is 5.90. The van der Waals surface area contributed by atoms with Gasteiger partial charge in [0.1, 0.15) is 5.82 Å². The normalized spacial score (nSPS) is 10.1. The molecule has 0 bridgehead atoms. The van der Waals surface area contributed by atoms with E-state index >= 15 is 0 Å². The van der Waals surface area contributed by atoms with Crippen molar-refractivity contribution in [1.29, 1.82) is 0 Å². The molecule has 3 nitrogen and oxygen atoms in total. The van der Waals surface area contributed by atoms with Crippen molar-refractivity contribution < 1.29 is 5.21 Å². The molecule has 1 aromatic carbocycles. The summed E-state index contributed by atoms with van der Waals surface area (Å²) >= 11 is 0. The van der Waals surface area contributed by atoms with Gasteiger partial charge in [-0.3, -0.25) is 10.7 Å². The smallest absolute Gasteiger partial charge is 0.150 e. The Morgan fingerprint density at radius 2 is 1.92 bits per heavy atom. The molecule has 2 N–H and O–H groups in total. The van der Waals surface area contributed by atoms with Crippen molar-refractivity contribution in [2.45, 2.75) is 0 Å². The highest BCUT2D eigenvalue weighted by molar-refractivity contribution is 5.79. The molecule has 0 atom stereocenters. The SMILES string of the molecule is ONc1ccc2ccccc2n1. The van der Waals surface area contributed by atoms with Crippen molar-refractivity contribution in [2.24, 2.45) is 0 Å². The Morgan fingerprint density at radius 1 is 1.08 bits per heavy atom. The molecule has 1 heterocycles. The third-order valence-electron chi connectivity index (χ3n) is 1.71. The molecule has 2 aromatic rings. The van der Waals surface area contributed by atoms with Crippen LogP contribution in [0.3, 0.4) is 0 Å². The van der Waals surface area contributed by atoms with E-state index in [1.165, 1.54) is 0 Å². The molecule has 0 unspecified atom stereocenters. The predicted molar refractivity (Wildman–Crippen MR) is 47.2 cm³/mol. The van der Waals surface area contributed by atoms with Crippen molar-refractivity contribution in [3.8, 4) is 0 Å². The van der Waals surface area contributed by atoms with Gasteiger partial charge >= 0.3 is 0 Å². The van der Waals surface area contributed by atoms with Crippen molar-refractivity contribution in [2.75, 3.05) is 5.48 Å². The molecule has 0 fully saturated rings. The molecule has 60 valence electrons.